The first-order valence-electron chi connectivity index (χ1n) is 17.0. The van der Waals surface area contributed by atoms with E-state index in [0.717, 1.165) is 37.5 Å². The first kappa shape index (κ1) is 34.9. The van der Waals surface area contributed by atoms with Gasteiger partial charge in [0.25, 0.3) is 5.91 Å². The highest BCUT2D eigenvalue weighted by molar-refractivity contribution is 5.96. The van der Waals surface area contributed by atoms with E-state index in [-0.39, 0.29) is 5.91 Å². The predicted octanol–water partition coefficient (Wildman–Crippen LogP) is 6.67. The van der Waals surface area contributed by atoms with Gasteiger partial charge in [-0.3, -0.25) is 9.69 Å². The zero-order valence-corrected chi connectivity index (χ0v) is 28.9. The van der Waals surface area contributed by atoms with Crippen molar-refractivity contribution in [1.29, 1.82) is 0 Å². The van der Waals surface area contributed by atoms with Crippen LogP contribution in [0.1, 0.15) is 96.8 Å². The fourth-order valence-electron chi connectivity index (χ4n) is 7.43. The Bertz CT molecular complexity index is 1230. The predicted molar refractivity (Wildman–Crippen MR) is 183 cm³/mol. The molecule has 0 saturated carbocycles. The number of carbonyl (C=O) groups is 1. The maximum absolute atomic E-state index is 14.2. The lowest BCUT2D eigenvalue weighted by molar-refractivity contribution is -0.0439. The molecule has 45 heavy (non-hydrogen) atoms. The normalized spacial score (nSPS) is 25.6. The van der Waals surface area contributed by atoms with Crippen molar-refractivity contribution < 1.29 is 19.0 Å². The first-order valence-corrected chi connectivity index (χ1v) is 17.0. The van der Waals surface area contributed by atoms with Gasteiger partial charge in [-0.25, -0.2) is 0 Å². The van der Waals surface area contributed by atoms with Crippen LogP contribution in [0.2, 0.25) is 0 Å². The summed E-state index contributed by atoms with van der Waals surface area (Å²) in [6.07, 6.45) is 14.2. The van der Waals surface area contributed by atoms with Crippen LogP contribution in [0, 0.1) is 11.8 Å². The van der Waals surface area contributed by atoms with Crippen LogP contribution in [-0.2, 0) is 0 Å². The Labute approximate surface area is 272 Å². The van der Waals surface area contributed by atoms with Crippen LogP contribution in [0.4, 0.5) is 0 Å². The van der Waals surface area contributed by atoms with Gasteiger partial charge in [0.1, 0.15) is 0 Å². The average molecular weight is 623 g/mol. The lowest BCUT2D eigenvalue weighted by Gasteiger charge is -2.36. The number of likely N-dealkylation sites (tertiary alicyclic amines) is 1. The van der Waals surface area contributed by atoms with Crippen LogP contribution in [0.5, 0.6) is 17.2 Å². The second-order valence-corrected chi connectivity index (χ2v) is 14.0. The van der Waals surface area contributed by atoms with Crippen LogP contribution >= 0.6 is 0 Å². The third-order valence-corrected chi connectivity index (χ3v) is 9.56. The fraction of sp³-hybridized carbons (Fsp3) is 0.649. The Hall–Kier alpha value is -2.97. The number of nitrogens with zero attached hydrogens (tertiary/aromatic N) is 2. The number of benzene rings is 1. The molecule has 250 valence electrons. The number of allylic oxidation sites excluding steroid dienone is 4. The van der Waals surface area contributed by atoms with Crippen molar-refractivity contribution in [3.8, 4) is 17.2 Å². The lowest BCUT2D eigenvalue weighted by Crippen LogP contribution is -2.47. The summed E-state index contributed by atoms with van der Waals surface area (Å²) in [5.41, 5.74) is 9.21. The Balaban J connectivity index is 0.00000148. The number of methoxy groups -OCH3 is 1. The molecule has 0 aromatic heterocycles. The molecule has 1 aromatic carbocycles. The molecule has 3 atom stereocenters. The molecule has 4 aliphatic heterocycles. The summed E-state index contributed by atoms with van der Waals surface area (Å²) in [7, 11) is 1.59. The zero-order chi connectivity index (χ0) is 32.7. The van der Waals surface area contributed by atoms with Gasteiger partial charge in [0.2, 0.25) is 11.5 Å². The number of fused-ring (bicyclic) bond motifs is 3. The van der Waals surface area contributed by atoms with Crippen molar-refractivity contribution in [2.24, 2.45) is 17.6 Å². The minimum Gasteiger partial charge on any atom is -0.493 e. The number of hydrogen-bond acceptors (Lipinski definition) is 7. The van der Waals surface area contributed by atoms with Gasteiger partial charge in [-0.1, -0.05) is 37.6 Å². The van der Waals surface area contributed by atoms with Gasteiger partial charge in [-0.2, -0.15) is 0 Å². The maximum Gasteiger partial charge on any atom is 0.254 e. The molecule has 0 spiro atoms. The monoisotopic (exact) mass is 622 g/mol. The number of nitrogens with one attached hydrogen (secondary N) is 1. The van der Waals surface area contributed by atoms with Gasteiger partial charge in [-0.15, -0.1) is 6.58 Å². The van der Waals surface area contributed by atoms with E-state index >= 15 is 0 Å². The largest absolute Gasteiger partial charge is 0.493 e. The minimum absolute atomic E-state index is 0.0670. The van der Waals surface area contributed by atoms with E-state index in [1.165, 1.54) is 37.7 Å². The molecule has 2 unspecified atom stereocenters. The summed E-state index contributed by atoms with van der Waals surface area (Å²) in [4.78, 5) is 18.8. The number of rotatable bonds is 11. The molecule has 8 nitrogen and oxygen atoms in total. The molecular formula is C37H58N4O4. The third-order valence-electron chi connectivity index (χ3n) is 9.56. The van der Waals surface area contributed by atoms with Crippen molar-refractivity contribution in [3.63, 3.8) is 0 Å². The summed E-state index contributed by atoms with van der Waals surface area (Å²) in [6.45, 7) is 18.7. The Kier molecular flexibility index (Phi) is 12.1. The summed E-state index contributed by atoms with van der Waals surface area (Å²) >= 11 is 0. The van der Waals surface area contributed by atoms with E-state index in [0.29, 0.717) is 59.9 Å². The quantitative estimate of drug-likeness (QED) is 0.267. The fourth-order valence-corrected chi connectivity index (χ4v) is 7.43. The van der Waals surface area contributed by atoms with E-state index < -0.39 is 5.79 Å². The summed E-state index contributed by atoms with van der Waals surface area (Å²) in [5.74, 6) is 1.88. The van der Waals surface area contributed by atoms with Gasteiger partial charge < -0.3 is 30.2 Å². The molecule has 2 bridgehead atoms. The number of hydrogen-bond donors (Lipinski definition) is 2. The molecule has 3 N–H and O–H groups in total. The van der Waals surface area contributed by atoms with Gasteiger partial charge >= 0.3 is 0 Å². The van der Waals surface area contributed by atoms with E-state index in [1.807, 2.05) is 25.7 Å². The molecule has 1 aromatic rings. The number of piperidine rings is 1. The van der Waals surface area contributed by atoms with E-state index in [1.54, 1.807) is 25.3 Å². The van der Waals surface area contributed by atoms with E-state index in [2.05, 4.69) is 49.7 Å². The molecule has 0 radical (unpaired) electrons. The second-order valence-electron chi connectivity index (χ2n) is 14.0. The smallest absolute Gasteiger partial charge is 0.254 e. The SMILES string of the molecule is C/C=C(/C/C=C(\N)CN(C[C@@H]1CCCN1CC1CC2CCC(C1)N2)C(=O)c1cc(OC)c2c(c1)OC(C)(C)O2)C(C)C.C=CC. The van der Waals surface area contributed by atoms with Crippen LogP contribution < -0.4 is 25.3 Å². The van der Waals surface area contributed by atoms with Gasteiger partial charge in [-0.05, 0) is 89.3 Å². The van der Waals surface area contributed by atoms with E-state index in [9.17, 15) is 4.79 Å². The first-order chi connectivity index (χ1) is 21.5. The summed E-state index contributed by atoms with van der Waals surface area (Å²) < 4.78 is 17.6. The highest BCUT2D eigenvalue weighted by Crippen LogP contribution is 2.47. The Morgan fingerprint density at radius 1 is 1.20 bits per heavy atom. The molecule has 1 amide bonds. The maximum atomic E-state index is 14.2. The second kappa shape index (κ2) is 15.5. The standard InChI is InChI=1S/C34H52N4O4.C3H6/c1-7-24(22(2)3)10-11-26(35)20-38(33(39)25-17-30(40-6)32-31(18-25)41-34(4,5)42-32)21-29-9-8-14-37(29)19-23-15-27-12-13-28(16-23)36-27;1-3-2/h7,11,17-18,22-23,27-29,36H,8-10,12-16,19-21,35H2,1-6H3;3H,1H2,2H3/b24-7-,26-11-;/t23?,27?,28?,29-;/m0./s1. The van der Waals surface area contributed by atoms with E-state index in [4.69, 9.17) is 19.9 Å². The third kappa shape index (κ3) is 9.07. The number of nitrogens with two attached hydrogens (primary N) is 1. The van der Waals surface area contributed by atoms with Crippen LogP contribution in [0.25, 0.3) is 0 Å². The molecule has 4 heterocycles. The number of carbonyl (C=O) groups excluding carboxylic acids is 1. The zero-order valence-electron chi connectivity index (χ0n) is 28.9. The number of ether oxygens (including phenoxy) is 3. The molecule has 0 aliphatic carbocycles. The Morgan fingerprint density at radius 2 is 1.89 bits per heavy atom. The highest BCUT2D eigenvalue weighted by atomic mass is 16.7. The Morgan fingerprint density at radius 3 is 2.51 bits per heavy atom. The van der Waals surface area contributed by atoms with Crippen LogP contribution in [0.3, 0.4) is 0 Å². The summed E-state index contributed by atoms with van der Waals surface area (Å²) in [5, 5.41) is 3.78. The molecule has 4 aliphatic rings. The van der Waals surface area contributed by atoms with Crippen LogP contribution in [-0.4, -0.2) is 72.9 Å². The molecule has 5 rings (SSSR count). The highest BCUT2D eigenvalue weighted by Gasteiger charge is 2.38. The topological polar surface area (TPSA) is 89.3 Å². The average Bonchev–Trinajstić information content (AvgIpc) is 3.66. The number of amides is 1. The van der Waals surface area contributed by atoms with Gasteiger partial charge in [0, 0.05) is 56.3 Å². The van der Waals surface area contributed by atoms with Crippen molar-refractivity contribution >= 4 is 5.91 Å². The van der Waals surface area contributed by atoms with Crippen LogP contribution in [0.15, 0.2) is 48.2 Å². The lowest BCUT2D eigenvalue weighted by atomic mass is 9.91. The minimum atomic E-state index is -0.816. The molecule has 8 heteroatoms. The van der Waals surface area contributed by atoms with Crippen molar-refractivity contribution in [2.75, 3.05) is 33.3 Å². The molecular weight excluding hydrogens is 564 g/mol. The summed E-state index contributed by atoms with van der Waals surface area (Å²) in [6, 6.07) is 5.27. The van der Waals surface area contributed by atoms with Gasteiger partial charge in [0.15, 0.2) is 11.5 Å². The van der Waals surface area contributed by atoms with Gasteiger partial charge in [0.05, 0.1) is 13.7 Å². The molecule has 3 fully saturated rings. The molecule has 3 saturated heterocycles. The van der Waals surface area contributed by atoms with Crippen molar-refractivity contribution in [1.82, 2.24) is 15.1 Å². The van der Waals surface area contributed by atoms with Crippen molar-refractivity contribution in [2.45, 2.75) is 110 Å². The van der Waals surface area contributed by atoms with Crippen molar-refractivity contribution in [3.05, 3.63) is 53.8 Å².